The molecule has 0 aliphatic carbocycles. The Morgan fingerprint density at radius 1 is 1.25 bits per heavy atom. The highest BCUT2D eigenvalue weighted by Gasteiger charge is 2.26. The van der Waals surface area contributed by atoms with Gasteiger partial charge < -0.3 is 18.6 Å². The number of aromatic nitrogens is 2. The number of imidazole rings is 1. The highest BCUT2D eigenvalue weighted by Crippen LogP contribution is 2.21. The molecule has 1 atom stereocenters. The number of piperidine rings is 1. The van der Waals surface area contributed by atoms with Gasteiger partial charge in [-0.05, 0) is 49.2 Å². The maximum Gasteiger partial charge on any atom is 0.289 e. The van der Waals surface area contributed by atoms with Gasteiger partial charge >= 0.3 is 0 Å². The summed E-state index contributed by atoms with van der Waals surface area (Å²) in [4.78, 5) is 18.6. The van der Waals surface area contributed by atoms with Gasteiger partial charge in [-0.15, -0.1) is 0 Å². The van der Waals surface area contributed by atoms with Crippen LogP contribution in [-0.2, 0) is 6.54 Å². The van der Waals surface area contributed by atoms with Gasteiger partial charge in [0, 0.05) is 31.4 Å². The van der Waals surface area contributed by atoms with Crippen molar-refractivity contribution in [1.82, 2.24) is 14.5 Å². The van der Waals surface area contributed by atoms with Gasteiger partial charge in [-0.2, -0.15) is 0 Å². The van der Waals surface area contributed by atoms with Gasteiger partial charge in [0.05, 0.1) is 19.5 Å². The van der Waals surface area contributed by atoms with Crippen LogP contribution in [0.5, 0.6) is 5.75 Å². The minimum Gasteiger partial charge on any atom is -0.493 e. The number of carbonyl (C=O) groups excluding carboxylic acids is 1. The van der Waals surface area contributed by atoms with Crippen molar-refractivity contribution in [2.24, 2.45) is 5.92 Å². The lowest BCUT2D eigenvalue weighted by molar-refractivity contribution is 0.0600. The third kappa shape index (κ3) is 4.42. The van der Waals surface area contributed by atoms with Crippen molar-refractivity contribution in [2.75, 3.05) is 19.7 Å². The third-order valence-electron chi connectivity index (χ3n) is 4.88. The van der Waals surface area contributed by atoms with Crippen molar-refractivity contribution >= 4 is 5.91 Å². The molecule has 1 aliphatic heterocycles. The van der Waals surface area contributed by atoms with Crippen LogP contribution in [0.1, 0.15) is 29.2 Å². The lowest BCUT2D eigenvalue weighted by atomic mass is 9.99. The molecular weight excluding hydrogens is 361 g/mol. The lowest BCUT2D eigenvalue weighted by Gasteiger charge is -2.32. The molecule has 1 aromatic carbocycles. The zero-order valence-corrected chi connectivity index (χ0v) is 15.5. The minimum absolute atomic E-state index is 0.0941. The van der Waals surface area contributed by atoms with Crippen molar-refractivity contribution in [3.05, 3.63) is 72.5 Å². The molecule has 0 bridgehead atoms. The number of rotatable bonds is 6. The number of benzene rings is 1. The van der Waals surface area contributed by atoms with E-state index in [1.54, 1.807) is 30.7 Å². The fourth-order valence-electron chi connectivity index (χ4n) is 3.42. The summed E-state index contributed by atoms with van der Waals surface area (Å²) in [6.07, 6.45) is 7.18. The first-order valence-electron chi connectivity index (χ1n) is 9.39. The minimum atomic E-state index is -0.285. The number of hydrogen-bond donors (Lipinski definition) is 0. The molecule has 146 valence electrons. The number of hydrogen-bond acceptors (Lipinski definition) is 4. The summed E-state index contributed by atoms with van der Waals surface area (Å²) < 4.78 is 26.4. The summed E-state index contributed by atoms with van der Waals surface area (Å²) in [6.45, 7) is 2.38. The second kappa shape index (κ2) is 8.29. The van der Waals surface area contributed by atoms with Crippen LogP contribution in [0.2, 0.25) is 0 Å². The first kappa shape index (κ1) is 18.3. The van der Waals surface area contributed by atoms with E-state index in [2.05, 4.69) is 4.98 Å². The van der Waals surface area contributed by atoms with Crippen molar-refractivity contribution in [3.8, 4) is 5.75 Å². The average Bonchev–Trinajstić information content (AvgIpc) is 3.40. The van der Waals surface area contributed by atoms with Crippen molar-refractivity contribution in [1.29, 1.82) is 0 Å². The molecule has 3 heterocycles. The molecule has 0 unspecified atom stereocenters. The molecule has 28 heavy (non-hydrogen) atoms. The Morgan fingerprint density at radius 3 is 2.89 bits per heavy atom. The van der Waals surface area contributed by atoms with E-state index in [-0.39, 0.29) is 17.6 Å². The normalized spacial score (nSPS) is 16.9. The fraction of sp³-hybridized carbons (Fsp3) is 0.333. The van der Waals surface area contributed by atoms with Gasteiger partial charge in [-0.1, -0.05) is 0 Å². The average molecular weight is 383 g/mol. The second-order valence-electron chi connectivity index (χ2n) is 7.03. The van der Waals surface area contributed by atoms with E-state index in [0.717, 1.165) is 18.6 Å². The van der Waals surface area contributed by atoms with E-state index in [4.69, 9.17) is 9.15 Å². The number of halogens is 1. The Morgan fingerprint density at radius 2 is 2.11 bits per heavy atom. The van der Waals surface area contributed by atoms with E-state index in [9.17, 15) is 9.18 Å². The molecule has 4 rings (SSSR count). The molecule has 7 heteroatoms. The Kier molecular flexibility index (Phi) is 5.41. The molecular formula is C21H22FN3O3. The van der Waals surface area contributed by atoms with Gasteiger partial charge in [0.15, 0.2) is 5.76 Å². The number of amides is 1. The van der Waals surface area contributed by atoms with E-state index in [1.807, 2.05) is 21.7 Å². The highest BCUT2D eigenvalue weighted by atomic mass is 19.1. The van der Waals surface area contributed by atoms with Crippen LogP contribution in [0.3, 0.4) is 0 Å². The van der Waals surface area contributed by atoms with Gasteiger partial charge in [0.25, 0.3) is 5.91 Å². The summed E-state index contributed by atoms with van der Waals surface area (Å²) in [5.74, 6) is 1.57. The van der Waals surface area contributed by atoms with Crippen LogP contribution in [0.4, 0.5) is 4.39 Å². The lowest BCUT2D eigenvalue weighted by Crippen LogP contribution is -2.41. The SMILES string of the molecule is O=C(c1ccc(Cn2ccnc2)o1)N1CCC[C@H](COc2ccc(F)cc2)C1. The molecule has 1 aliphatic rings. The number of likely N-dealkylation sites (tertiary alicyclic amines) is 1. The number of carbonyl (C=O) groups is 1. The molecule has 1 saturated heterocycles. The Balaban J connectivity index is 1.32. The van der Waals surface area contributed by atoms with E-state index < -0.39 is 0 Å². The maximum absolute atomic E-state index is 13.0. The second-order valence-corrected chi connectivity index (χ2v) is 7.03. The predicted molar refractivity (Wildman–Crippen MR) is 101 cm³/mol. The molecule has 0 saturated carbocycles. The molecule has 3 aromatic rings. The molecule has 0 radical (unpaired) electrons. The quantitative estimate of drug-likeness (QED) is 0.653. The Labute approximate surface area is 162 Å². The van der Waals surface area contributed by atoms with Gasteiger partial charge in [0.1, 0.15) is 17.3 Å². The summed E-state index contributed by atoms with van der Waals surface area (Å²) in [7, 11) is 0. The summed E-state index contributed by atoms with van der Waals surface area (Å²) >= 11 is 0. The summed E-state index contributed by atoms with van der Waals surface area (Å²) in [5, 5.41) is 0. The zero-order chi connectivity index (χ0) is 19.3. The first-order valence-corrected chi connectivity index (χ1v) is 9.39. The largest absolute Gasteiger partial charge is 0.493 e. The summed E-state index contributed by atoms with van der Waals surface area (Å²) in [5.41, 5.74) is 0. The van der Waals surface area contributed by atoms with Crippen LogP contribution in [0, 0.1) is 11.7 Å². The smallest absolute Gasteiger partial charge is 0.289 e. The molecule has 2 aromatic heterocycles. The molecule has 1 fully saturated rings. The van der Waals surface area contributed by atoms with Gasteiger partial charge in [-0.3, -0.25) is 4.79 Å². The fourth-order valence-corrected chi connectivity index (χ4v) is 3.42. The number of nitrogens with zero attached hydrogens (tertiary/aromatic N) is 3. The standard InChI is InChI=1S/C21H22FN3O3/c22-17-3-5-18(6-4-17)27-14-16-2-1-10-25(12-16)21(26)20-8-7-19(28-20)13-24-11-9-23-15-24/h3-9,11,15-16H,1-2,10,12-14H2/t16-/m0/s1. The number of ether oxygens (including phenoxy) is 1. The predicted octanol–water partition coefficient (Wildman–Crippen LogP) is 3.59. The van der Waals surface area contributed by atoms with Crippen LogP contribution >= 0.6 is 0 Å². The Hall–Kier alpha value is -3.09. The van der Waals surface area contributed by atoms with Crippen LogP contribution in [-0.4, -0.2) is 40.1 Å². The first-order chi connectivity index (χ1) is 13.7. The van der Waals surface area contributed by atoms with E-state index in [0.29, 0.717) is 37.8 Å². The van der Waals surface area contributed by atoms with Crippen LogP contribution in [0.25, 0.3) is 0 Å². The van der Waals surface area contributed by atoms with E-state index in [1.165, 1.54) is 12.1 Å². The van der Waals surface area contributed by atoms with Crippen LogP contribution < -0.4 is 4.74 Å². The maximum atomic E-state index is 13.0. The van der Waals surface area contributed by atoms with Crippen molar-refractivity contribution in [2.45, 2.75) is 19.4 Å². The zero-order valence-electron chi connectivity index (χ0n) is 15.5. The Bertz CT molecular complexity index is 905. The number of furan rings is 1. The monoisotopic (exact) mass is 383 g/mol. The highest BCUT2D eigenvalue weighted by molar-refractivity contribution is 5.91. The van der Waals surface area contributed by atoms with Gasteiger partial charge in [-0.25, -0.2) is 9.37 Å². The summed E-state index contributed by atoms with van der Waals surface area (Å²) in [6, 6.07) is 9.55. The van der Waals surface area contributed by atoms with Gasteiger partial charge in [0.2, 0.25) is 0 Å². The molecule has 6 nitrogen and oxygen atoms in total. The molecule has 0 N–H and O–H groups in total. The van der Waals surface area contributed by atoms with Crippen LogP contribution in [0.15, 0.2) is 59.5 Å². The topological polar surface area (TPSA) is 60.5 Å². The van der Waals surface area contributed by atoms with Crippen molar-refractivity contribution < 1.29 is 18.3 Å². The third-order valence-corrected chi connectivity index (χ3v) is 4.88. The van der Waals surface area contributed by atoms with E-state index >= 15 is 0 Å². The molecule has 1 amide bonds. The van der Waals surface area contributed by atoms with Crippen molar-refractivity contribution in [3.63, 3.8) is 0 Å². The molecule has 0 spiro atoms.